The molecule has 0 atom stereocenters. The van der Waals surface area contributed by atoms with Crippen LogP contribution in [0.3, 0.4) is 0 Å². The minimum atomic E-state index is -0.430. The summed E-state index contributed by atoms with van der Waals surface area (Å²) >= 11 is 6.02. The van der Waals surface area contributed by atoms with Crippen molar-refractivity contribution in [1.29, 1.82) is 0 Å². The minimum absolute atomic E-state index is 0.0137. The highest BCUT2D eigenvalue weighted by Gasteiger charge is 2.13. The summed E-state index contributed by atoms with van der Waals surface area (Å²) in [7, 11) is 0. The molecule has 2 aromatic carbocycles. The molecule has 0 radical (unpaired) electrons. The Labute approximate surface area is 137 Å². The first kappa shape index (κ1) is 15.3. The van der Waals surface area contributed by atoms with Gasteiger partial charge in [0.1, 0.15) is 5.58 Å². The van der Waals surface area contributed by atoms with Gasteiger partial charge in [0.25, 0.3) is 5.91 Å². The van der Waals surface area contributed by atoms with E-state index in [0.29, 0.717) is 22.5 Å². The molecule has 1 N–H and O–H groups in total. The highest BCUT2D eigenvalue weighted by Crippen LogP contribution is 2.22. The molecular formula is C18H14ClNO3. The van der Waals surface area contributed by atoms with Crippen molar-refractivity contribution in [3.63, 3.8) is 0 Å². The van der Waals surface area contributed by atoms with Gasteiger partial charge in [-0.3, -0.25) is 9.59 Å². The van der Waals surface area contributed by atoms with E-state index in [1.54, 1.807) is 12.1 Å². The van der Waals surface area contributed by atoms with Gasteiger partial charge < -0.3 is 9.73 Å². The third-order valence-electron chi connectivity index (χ3n) is 3.53. The van der Waals surface area contributed by atoms with E-state index in [1.165, 1.54) is 6.07 Å². The molecule has 0 bridgehead atoms. The fourth-order valence-electron chi connectivity index (χ4n) is 2.25. The minimum Gasteiger partial charge on any atom is -0.451 e. The van der Waals surface area contributed by atoms with Gasteiger partial charge in [-0.15, -0.1) is 0 Å². The van der Waals surface area contributed by atoms with E-state index < -0.39 is 5.91 Å². The highest BCUT2D eigenvalue weighted by molar-refractivity contribution is 6.32. The molecule has 3 aromatic rings. The molecular weight excluding hydrogens is 314 g/mol. The molecule has 1 aromatic heterocycles. The topological polar surface area (TPSA) is 59.3 Å². The number of carbonyl (C=O) groups excluding carboxylic acids is 1. The smallest absolute Gasteiger partial charge is 0.287 e. The van der Waals surface area contributed by atoms with Crippen molar-refractivity contribution < 1.29 is 9.21 Å². The third-order valence-corrected chi connectivity index (χ3v) is 3.94. The van der Waals surface area contributed by atoms with E-state index >= 15 is 0 Å². The number of benzene rings is 2. The van der Waals surface area contributed by atoms with Crippen molar-refractivity contribution in [2.24, 2.45) is 0 Å². The molecule has 0 aliphatic carbocycles. The standard InChI is InChI=1S/C18H14ClNO3/c1-11-7-16-13(8-14(11)19)15(21)9-17(23-16)18(22)20-10-12-5-3-2-4-6-12/h2-9H,10H2,1H3,(H,20,22). The van der Waals surface area contributed by atoms with E-state index in [9.17, 15) is 9.59 Å². The van der Waals surface area contributed by atoms with E-state index in [1.807, 2.05) is 37.3 Å². The number of fused-ring (bicyclic) bond motifs is 1. The van der Waals surface area contributed by atoms with Gasteiger partial charge >= 0.3 is 0 Å². The first-order chi connectivity index (χ1) is 11.0. The summed E-state index contributed by atoms with van der Waals surface area (Å²) in [6.45, 7) is 2.17. The zero-order chi connectivity index (χ0) is 16.4. The summed E-state index contributed by atoms with van der Waals surface area (Å²) in [5, 5.41) is 3.59. The number of halogens is 1. The summed E-state index contributed by atoms with van der Waals surface area (Å²) in [4.78, 5) is 24.3. The van der Waals surface area contributed by atoms with Crippen molar-refractivity contribution in [3.05, 3.63) is 80.7 Å². The van der Waals surface area contributed by atoms with Crippen LogP contribution in [-0.2, 0) is 6.54 Å². The molecule has 0 fully saturated rings. The quantitative estimate of drug-likeness (QED) is 0.798. The summed E-state index contributed by atoms with van der Waals surface area (Å²) in [6, 6.07) is 13.9. The van der Waals surface area contributed by atoms with Crippen LogP contribution in [0.25, 0.3) is 11.0 Å². The van der Waals surface area contributed by atoms with Crippen LogP contribution >= 0.6 is 11.6 Å². The van der Waals surface area contributed by atoms with Crippen LogP contribution in [0.2, 0.25) is 5.02 Å². The molecule has 0 saturated carbocycles. The molecule has 4 nitrogen and oxygen atoms in total. The van der Waals surface area contributed by atoms with Crippen molar-refractivity contribution in [1.82, 2.24) is 5.32 Å². The fraction of sp³-hybridized carbons (Fsp3) is 0.111. The molecule has 116 valence electrons. The summed E-state index contributed by atoms with van der Waals surface area (Å²) < 4.78 is 5.56. The Hall–Kier alpha value is -2.59. The molecule has 0 saturated heterocycles. The summed E-state index contributed by atoms with van der Waals surface area (Å²) in [6.07, 6.45) is 0. The zero-order valence-corrected chi connectivity index (χ0v) is 13.2. The Kier molecular flexibility index (Phi) is 4.17. The van der Waals surface area contributed by atoms with Gasteiger partial charge in [0.2, 0.25) is 0 Å². The lowest BCUT2D eigenvalue weighted by atomic mass is 10.1. The van der Waals surface area contributed by atoms with Crippen LogP contribution in [0.5, 0.6) is 0 Å². The fourth-order valence-corrected chi connectivity index (χ4v) is 2.42. The van der Waals surface area contributed by atoms with Crippen LogP contribution in [-0.4, -0.2) is 5.91 Å². The number of rotatable bonds is 3. The summed E-state index contributed by atoms with van der Waals surface area (Å²) in [5.41, 5.74) is 1.80. The molecule has 5 heteroatoms. The maximum Gasteiger partial charge on any atom is 0.287 e. The van der Waals surface area contributed by atoms with Gasteiger partial charge in [-0.1, -0.05) is 41.9 Å². The van der Waals surface area contributed by atoms with Crippen LogP contribution in [0, 0.1) is 6.92 Å². The Morgan fingerprint density at radius 3 is 2.65 bits per heavy atom. The molecule has 0 unspecified atom stereocenters. The van der Waals surface area contributed by atoms with Crippen molar-refractivity contribution in [2.45, 2.75) is 13.5 Å². The van der Waals surface area contributed by atoms with Crippen molar-refractivity contribution in [2.75, 3.05) is 0 Å². The second kappa shape index (κ2) is 6.26. The molecule has 3 rings (SSSR count). The predicted molar refractivity (Wildman–Crippen MR) is 89.8 cm³/mol. The van der Waals surface area contributed by atoms with Crippen LogP contribution in [0.4, 0.5) is 0 Å². The number of hydrogen-bond acceptors (Lipinski definition) is 3. The van der Waals surface area contributed by atoms with Gasteiger partial charge in [-0.2, -0.15) is 0 Å². The zero-order valence-electron chi connectivity index (χ0n) is 12.4. The predicted octanol–water partition coefficient (Wildman–Crippen LogP) is 3.68. The molecule has 1 heterocycles. The number of carbonyl (C=O) groups is 1. The van der Waals surface area contributed by atoms with E-state index in [2.05, 4.69) is 5.32 Å². The lowest BCUT2D eigenvalue weighted by molar-refractivity contribution is 0.0923. The largest absolute Gasteiger partial charge is 0.451 e. The molecule has 0 spiro atoms. The molecule has 0 aliphatic rings. The molecule has 0 aliphatic heterocycles. The molecule has 23 heavy (non-hydrogen) atoms. The third kappa shape index (κ3) is 3.27. The number of aryl methyl sites for hydroxylation is 1. The maximum atomic E-state index is 12.2. The van der Waals surface area contributed by atoms with Gasteiger partial charge in [-0.05, 0) is 30.2 Å². The average molecular weight is 328 g/mol. The molecule has 1 amide bonds. The number of amides is 1. The normalized spacial score (nSPS) is 10.7. The monoisotopic (exact) mass is 327 g/mol. The maximum absolute atomic E-state index is 12.2. The van der Waals surface area contributed by atoms with E-state index in [-0.39, 0.29) is 11.2 Å². The number of hydrogen-bond donors (Lipinski definition) is 1. The average Bonchev–Trinajstić information content (AvgIpc) is 2.55. The Morgan fingerprint density at radius 2 is 1.91 bits per heavy atom. The van der Waals surface area contributed by atoms with Crippen molar-refractivity contribution in [3.8, 4) is 0 Å². The van der Waals surface area contributed by atoms with Gasteiger partial charge in [0, 0.05) is 17.6 Å². The Bertz CT molecular complexity index is 932. The Balaban J connectivity index is 1.89. The summed E-state index contributed by atoms with van der Waals surface area (Å²) in [5.74, 6) is -0.444. The van der Waals surface area contributed by atoms with Gasteiger partial charge in [0.05, 0.1) is 5.39 Å². The van der Waals surface area contributed by atoms with Gasteiger partial charge in [-0.25, -0.2) is 0 Å². The number of nitrogens with one attached hydrogen (secondary N) is 1. The highest BCUT2D eigenvalue weighted by atomic mass is 35.5. The van der Waals surface area contributed by atoms with E-state index in [4.69, 9.17) is 16.0 Å². The first-order valence-electron chi connectivity index (χ1n) is 7.11. The Morgan fingerprint density at radius 1 is 1.17 bits per heavy atom. The van der Waals surface area contributed by atoms with Crippen LogP contribution in [0.1, 0.15) is 21.7 Å². The lowest BCUT2D eigenvalue weighted by Gasteiger charge is -2.06. The van der Waals surface area contributed by atoms with Gasteiger partial charge in [0.15, 0.2) is 11.2 Å². The second-order valence-electron chi connectivity index (χ2n) is 5.24. The lowest BCUT2D eigenvalue weighted by Crippen LogP contribution is -2.24. The van der Waals surface area contributed by atoms with Crippen LogP contribution < -0.4 is 10.7 Å². The SMILES string of the molecule is Cc1cc2oc(C(=O)NCc3ccccc3)cc(=O)c2cc1Cl. The van der Waals surface area contributed by atoms with Crippen molar-refractivity contribution >= 4 is 28.5 Å². The van der Waals surface area contributed by atoms with E-state index in [0.717, 1.165) is 11.1 Å². The first-order valence-corrected chi connectivity index (χ1v) is 7.48. The van der Waals surface area contributed by atoms with Crippen LogP contribution in [0.15, 0.2) is 57.7 Å². The second-order valence-corrected chi connectivity index (χ2v) is 5.65.